The van der Waals surface area contributed by atoms with E-state index in [1.165, 1.54) is 12.8 Å². The van der Waals surface area contributed by atoms with Gasteiger partial charge in [0.1, 0.15) is 12.4 Å². The average molecular weight is 231 g/mol. The molecule has 0 unspecified atom stereocenters. The molecular formula is C9H15BrN2. The van der Waals surface area contributed by atoms with E-state index in [-0.39, 0.29) is 17.0 Å². The van der Waals surface area contributed by atoms with Gasteiger partial charge in [0.15, 0.2) is 0 Å². The molecule has 0 aromatic carbocycles. The minimum atomic E-state index is 0. The zero-order valence-corrected chi connectivity index (χ0v) is 8.97. The van der Waals surface area contributed by atoms with E-state index in [4.69, 9.17) is 0 Å². The normalized spacial score (nSPS) is 9.08. The Morgan fingerprint density at radius 2 is 2.42 bits per heavy atom. The third kappa shape index (κ3) is 2.81. The van der Waals surface area contributed by atoms with Crippen molar-refractivity contribution in [3.8, 4) is 0 Å². The van der Waals surface area contributed by atoms with Crippen LogP contribution in [-0.2, 0) is 6.54 Å². The molecule has 1 N–H and O–H groups in total. The third-order valence-electron chi connectivity index (χ3n) is 1.74. The van der Waals surface area contributed by atoms with Crippen LogP contribution in [-0.4, -0.2) is 4.98 Å². The maximum Gasteiger partial charge on any atom is 0.278 e. The molecule has 0 fully saturated rings. The number of aromatic amines is 1. The van der Waals surface area contributed by atoms with Crippen LogP contribution in [0.1, 0.15) is 25.6 Å². The van der Waals surface area contributed by atoms with Crippen LogP contribution in [0.5, 0.6) is 0 Å². The Balaban J connectivity index is 0.00000121. The van der Waals surface area contributed by atoms with Crippen LogP contribution in [0.25, 0.3) is 6.08 Å². The van der Waals surface area contributed by atoms with Crippen molar-refractivity contribution in [1.82, 2.24) is 4.98 Å². The molecule has 0 radical (unpaired) electrons. The summed E-state index contributed by atoms with van der Waals surface area (Å²) in [5, 5.41) is 0. The summed E-state index contributed by atoms with van der Waals surface area (Å²) in [5.74, 6) is 1.10. The average Bonchev–Trinajstić information content (AvgIpc) is 2.47. The molecule has 1 heterocycles. The predicted molar refractivity (Wildman–Crippen MR) is 46.0 cm³/mol. The SMILES string of the molecule is C=Cc1[nH]cc[n+]1CCCC.[Br-]. The Kier molecular flexibility index (Phi) is 5.72. The Hall–Kier alpha value is -0.570. The maximum absolute atomic E-state index is 3.72. The second-order valence-corrected chi connectivity index (χ2v) is 2.60. The highest BCUT2D eigenvalue weighted by atomic mass is 79.9. The lowest BCUT2D eigenvalue weighted by atomic mass is 10.3. The van der Waals surface area contributed by atoms with E-state index in [1.54, 1.807) is 0 Å². The number of rotatable bonds is 4. The molecule has 0 aliphatic heterocycles. The molecule has 1 rings (SSSR count). The molecule has 0 saturated carbocycles. The Morgan fingerprint density at radius 1 is 1.67 bits per heavy atom. The van der Waals surface area contributed by atoms with Gasteiger partial charge in [0, 0.05) is 6.08 Å². The van der Waals surface area contributed by atoms with Crippen LogP contribution in [0.15, 0.2) is 19.0 Å². The molecule has 3 heteroatoms. The van der Waals surface area contributed by atoms with Gasteiger partial charge in [-0.05, 0) is 6.42 Å². The summed E-state index contributed by atoms with van der Waals surface area (Å²) in [6, 6.07) is 0. The molecule has 1 aromatic heterocycles. The van der Waals surface area contributed by atoms with Crippen LogP contribution < -0.4 is 21.5 Å². The lowest BCUT2D eigenvalue weighted by Gasteiger charge is -1.94. The summed E-state index contributed by atoms with van der Waals surface area (Å²) >= 11 is 0. The van der Waals surface area contributed by atoms with Gasteiger partial charge in [-0.1, -0.05) is 19.9 Å². The molecule has 0 aliphatic carbocycles. The highest BCUT2D eigenvalue weighted by molar-refractivity contribution is 5.31. The number of unbranched alkanes of at least 4 members (excludes halogenated alkanes) is 1. The molecule has 12 heavy (non-hydrogen) atoms. The van der Waals surface area contributed by atoms with E-state index in [0.29, 0.717) is 0 Å². The Bertz CT molecular complexity index is 230. The number of aryl methyl sites for hydroxylation is 1. The molecule has 68 valence electrons. The van der Waals surface area contributed by atoms with Crippen molar-refractivity contribution in [2.24, 2.45) is 0 Å². The molecule has 0 bridgehead atoms. The van der Waals surface area contributed by atoms with E-state index in [9.17, 15) is 0 Å². The fourth-order valence-corrected chi connectivity index (χ4v) is 1.08. The molecule has 0 spiro atoms. The van der Waals surface area contributed by atoms with Gasteiger partial charge in [0.05, 0.1) is 6.54 Å². The lowest BCUT2D eigenvalue weighted by molar-refractivity contribution is -0.697. The summed E-state index contributed by atoms with van der Waals surface area (Å²) in [6.45, 7) is 7.00. The first kappa shape index (κ1) is 11.4. The fraction of sp³-hybridized carbons (Fsp3) is 0.444. The molecule has 0 aliphatic rings. The first-order valence-corrected chi connectivity index (χ1v) is 4.07. The Labute approximate surface area is 84.1 Å². The van der Waals surface area contributed by atoms with Crippen LogP contribution in [0, 0.1) is 0 Å². The number of halogens is 1. The van der Waals surface area contributed by atoms with Gasteiger partial charge >= 0.3 is 0 Å². The second-order valence-electron chi connectivity index (χ2n) is 2.60. The highest BCUT2D eigenvalue weighted by Crippen LogP contribution is 1.91. The highest BCUT2D eigenvalue weighted by Gasteiger charge is 2.03. The number of H-pyrrole nitrogens is 1. The van der Waals surface area contributed by atoms with Crippen molar-refractivity contribution in [3.63, 3.8) is 0 Å². The van der Waals surface area contributed by atoms with Crippen molar-refractivity contribution in [2.75, 3.05) is 0 Å². The molecule has 0 amide bonds. The summed E-state index contributed by atoms with van der Waals surface area (Å²) in [7, 11) is 0. The van der Waals surface area contributed by atoms with E-state index in [0.717, 1.165) is 12.4 Å². The van der Waals surface area contributed by atoms with Crippen molar-refractivity contribution < 1.29 is 21.5 Å². The summed E-state index contributed by atoms with van der Waals surface area (Å²) in [4.78, 5) is 3.11. The number of aromatic nitrogens is 2. The van der Waals surface area contributed by atoms with Gasteiger partial charge in [0.25, 0.3) is 5.82 Å². The standard InChI is InChI=1S/C9H14N2.BrH/c1-3-5-7-11-8-6-10-9(11)4-2;/h4,6,8H,2-3,5,7H2,1H3;1H. The van der Waals surface area contributed by atoms with Gasteiger partial charge in [-0.2, -0.15) is 0 Å². The van der Waals surface area contributed by atoms with Crippen LogP contribution in [0.4, 0.5) is 0 Å². The summed E-state index contributed by atoms with van der Waals surface area (Å²) in [5.41, 5.74) is 0. The topological polar surface area (TPSA) is 19.7 Å². The van der Waals surface area contributed by atoms with Gasteiger partial charge in [-0.25, -0.2) is 9.55 Å². The van der Waals surface area contributed by atoms with Crippen LogP contribution >= 0.6 is 0 Å². The molecule has 2 nitrogen and oxygen atoms in total. The number of hydrogen-bond acceptors (Lipinski definition) is 0. The molecular weight excluding hydrogens is 216 g/mol. The minimum Gasteiger partial charge on any atom is -1.00 e. The smallest absolute Gasteiger partial charge is 0.278 e. The number of imidazole rings is 1. The van der Waals surface area contributed by atoms with Crippen molar-refractivity contribution >= 4 is 6.08 Å². The van der Waals surface area contributed by atoms with E-state index >= 15 is 0 Å². The van der Waals surface area contributed by atoms with Gasteiger partial charge in [-0.15, -0.1) is 0 Å². The van der Waals surface area contributed by atoms with Gasteiger partial charge in [-0.3, -0.25) is 0 Å². The minimum absolute atomic E-state index is 0. The van der Waals surface area contributed by atoms with Gasteiger partial charge < -0.3 is 17.0 Å². The lowest BCUT2D eigenvalue weighted by Crippen LogP contribution is -3.00. The largest absolute Gasteiger partial charge is 1.00 e. The zero-order valence-electron chi connectivity index (χ0n) is 7.39. The van der Waals surface area contributed by atoms with Crippen molar-refractivity contribution in [1.29, 1.82) is 0 Å². The zero-order chi connectivity index (χ0) is 8.10. The number of nitrogens with one attached hydrogen (secondary N) is 1. The van der Waals surface area contributed by atoms with E-state index in [2.05, 4.69) is 23.1 Å². The molecule has 0 atom stereocenters. The van der Waals surface area contributed by atoms with Gasteiger partial charge in [0.2, 0.25) is 0 Å². The number of hydrogen-bond donors (Lipinski definition) is 1. The summed E-state index contributed by atoms with van der Waals surface area (Å²) < 4.78 is 2.18. The summed E-state index contributed by atoms with van der Waals surface area (Å²) in [6.07, 6.45) is 8.28. The maximum atomic E-state index is 3.72. The van der Waals surface area contributed by atoms with Crippen LogP contribution in [0.2, 0.25) is 0 Å². The van der Waals surface area contributed by atoms with Crippen molar-refractivity contribution in [2.45, 2.75) is 26.3 Å². The van der Waals surface area contributed by atoms with Crippen LogP contribution in [0.3, 0.4) is 0 Å². The molecule has 1 aromatic rings. The first-order chi connectivity index (χ1) is 5.38. The monoisotopic (exact) mass is 230 g/mol. The Morgan fingerprint density at radius 3 is 3.00 bits per heavy atom. The fourth-order valence-electron chi connectivity index (χ4n) is 1.08. The van der Waals surface area contributed by atoms with E-state index in [1.807, 2.05) is 18.5 Å². The quantitative estimate of drug-likeness (QED) is 0.625. The molecule has 0 saturated heterocycles. The third-order valence-corrected chi connectivity index (χ3v) is 1.74. The van der Waals surface area contributed by atoms with E-state index < -0.39 is 0 Å². The number of nitrogens with zero attached hydrogens (tertiary/aromatic N) is 1. The first-order valence-electron chi connectivity index (χ1n) is 4.07. The predicted octanol–water partition coefficient (Wildman–Crippen LogP) is -1.25. The second kappa shape index (κ2) is 6.00. The van der Waals surface area contributed by atoms with Crippen molar-refractivity contribution in [3.05, 3.63) is 24.8 Å².